The van der Waals surface area contributed by atoms with Gasteiger partial charge in [-0.25, -0.2) is 9.18 Å². The highest BCUT2D eigenvalue weighted by Gasteiger charge is 2.29. The Morgan fingerprint density at radius 2 is 2.00 bits per heavy atom. The fourth-order valence-corrected chi connectivity index (χ4v) is 4.46. The van der Waals surface area contributed by atoms with Crippen LogP contribution in [0.3, 0.4) is 0 Å². The fraction of sp³-hybridized carbons (Fsp3) is 0.400. The third-order valence-corrected chi connectivity index (χ3v) is 5.77. The number of aryl methyl sites for hydroxylation is 1. The number of anilines is 1. The van der Waals surface area contributed by atoms with Gasteiger partial charge in [-0.2, -0.15) is 0 Å². The summed E-state index contributed by atoms with van der Waals surface area (Å²) < 4.78 is 24.3. The topological polar surface area (TPSA) is 64.6 Å². The van der Waals surface area contributed by atoms with Crippen molar-refractivity contribution in [1.29, 1.82) is 0 Å². The van der Waals surface area contributed by atoms with E-state index in [9.17, 15) is 14.0 Å². The van der Waals surface area contributed by atoms with Gasteiger partial charge in [0.2, 0.25) is 0 Å². The number of rotatable bonds is 6. The maximum Gasteiger partial charge on any atom is 0.341 e. The predicted molar refractivity (Wildman–Crippen MR) is 102 cm³/mol. The van der Waals surface area contributed by atoms with E-state index in [0.717, 1.165) is 36.1 Å². The van der Waals surface area contributed by atoms with E-state index in [4.69, 9.17) is 9.47 Å². The van der Waals surface area contributed by atoms with Gasteiger partial charge in [-0.1, -0.05) is 19.1 Å². The number of carbonyl (C=O) groups excluding carboxylic acids is 2. The Kier molecular flexibility index (Phi) is 6.11. The molecule has 5 nitrogen and oxygen atoms in total. The number of benzene rings is 1. The molecule has 0 spiro atoms. The lowest BCUT2D eigenvalue weighted by Crippen LogP contribution is -2.32. The summed E-state index contributed by atoms with van der Waals surface area (Å²) in [5.41, 5.74) is 1.41. The van der Waals surface area contributed by atoms with Crippen molar-refractivity contribution in [3.05, 3.63) is 46.1 Å². The molecule has 1 aliphatic rings. The second kappa shape index (κ2) is 8.52. The standard InChI is InChI=1S/C20H22FNO4S/c1-3-14(26-15-10-6-5-9-13(15)21)18(23)22-19-17(20(24)25-2)12-8-4-7-11-16(12)27-19/h5-6,9-10,14H,3-4,7-8,11H2,1-2H3,(H,22,23)/t14-/m1/s1. The highest BCUT2D eigenvalue weighted by atomic mass is 32.1. The van der Waals surface area contributed by atoms with Crippen LogP contribution in [0.5, 0.6) is 5.75 Å². The first-order valence-electron chi connectivity index (χ1n) is 9.00. The molecule has 0 aliphatic heterocycles. The first kappa shape index (κ1) is 19.4. The first-order chi connectivity index (χ1) is 13.0. The number of thiophene rings is 1. The third-order valence-electron chi connectivity index (χ3n) is 4.57. The molecule has 0 saturated heterocycles. The molecule has 0 radical (unpaired) electrons. The van der Waals surface area contributed by atoms with E-state index in [-0.39, 0.29) is 5.75 Å². The zero-order valence-electron chi connectivity index (χ0n) is 15.3. The second-order valence-corrected chi connectivity index (χ2v) is 7.45. The van der Waals surface area contributed by atoms with Gasteiger partial charge in [-0.15, -0.1) is 11.3 Å². The quantitative estimate of drug-likeness (QED) is 0.744. The van der Waals surface area contributed by atoms with Gasteiger partial charge in [-0.3, -0.25) is 4.79 Å². The van der Waals surface area contributed by atoms with E-state index < -0.39 is 23.8 Å². The Labute approximate surface area is 161 Å². The third kappa shape index (κ3) is 4.13. The minimum absolute atomic E-state index is 0.0261. The Balaban J connectivity index is 1.83. The number of hydrogen-bond donors (Lipinski definition) is 1. The second-order valence-electron chi connectivity index (χ2n) is 6.34. The van der Waals surface area contributed by atoms with Crippen LogP contribution in [0, 0.1) is 5.82 Å². The van der Waals surface area contributed by atoms with Crippen LogP contribution in [-0.4, -0.2) is 25.1 Å². The molecule has 1 amide bonds. The molecule has 0 bridgehead atoms. The van der Waals surface area contributed by atoms with Gasteiger partial charge in [0.05, 0.1) is 12.7 Å². The van der Waals surface area contributed by atoms with Crippen molar-refractivity contribution in [2.24, 2.45) is 0 Å². The molecule has 7 heteroatoms. The Morgan fingerprint density at radius 3 is 2.70 bits per heavy atom. The Morgan fingerprint density at radius 1 is 1.26 bits per heavy atom. The lowest BCUT2D eigenvalue weighted by atomic mass is 9.95. The molecule has 27 heavy (non-hydrogen) atoms. The summed E-state index contributed by atoms with van der Waals surface area (Å²) in [6.45, 7) is 1.78. The van der Waals surface area contributed by atoms with Gasteiger partial charge in [0.15, 0.2) is 17.7 Å². The van der Waals surface area contributed by atoms with Gasteiger partial charge in [0.1, 0.15) is 5.00 Å². The van der Waals surface area contributed by atoms with Crippen LogP contribution in [0.25, 0.3) is 0 Å². The van der Waals surface area contributed by atoms with Crippen molar-refractivity contribution >= 4 is 28.2 Å². The number of methoxy groups -OCH3 is 1. The minimum Gasteiger partial charge on any atom is -0.478 e. The van der Waals surface area contributed by atoms with Gasteiger partial charge in [0.25, 0.3) is 5.91 Å². The van der Waals surface area contributed by atoms with Crippen molar-refractivity contribution in [2.45, 2.75) is 45.1 Å². The predicted octanol–water partition coefficient (Wildman–Crippen LogP) is 4.35. The molecule has 1 N–H and O–H groups in total. The Hall–Kier alpha value is -2.41. The van der Waals surface area contributed by atoms with Gasteiger partial charge in [-0.05, 0) is 49.8 Å². The van der Waals surface area contributed by atoms with Gasteiger partial charge in [0, 0.05) is 4.88 Å². The van der Waals surface area contributed by atoms with Crippen LogP contribution in [-0.2, 0) is 22.4 Å². The number of hydrogen-bond acceptors (Lipinski definition) is 5. The van der Waals surface area contributed by atoms with E-state index in [0.29, 0.717) is 17.0 Å². The average molecular weight is 391 g/mol. The summed E-state index contributed by atoms with van der Waals surface area (Å²) >= 11 is 1.41. The van der Waals surface area contributed by atoms with Crippen LogP contribution in [0.1, 0.15) is 47.0 Å². The molecule has 1 aromatic heterocycles. The highest BCUT2D eigenvalue weighted by molar-refractivity contribution is 7.17. The monoisotopic (exact) mass is 391 g/mol. The molecule has 0 saturated carbocycles. The lowest BCUT2D eigenvalue weighted by molar-refractivity contribution is -0.122. The first-order valence-corrected chi connectivity index (χ1v) is 9.81. The SMILES string of the molecule is CC[C@@H](Oc1ccccc1F)C(=O)Nc1sc2c(c1C(=O)OC)CCCC2. The van der Waals surface area contributed by atoms with Crippen molar-refractivity contribution in [3.63, 3.8) is 0 Å². The zero-order valence-corrected chi connectivity index (χ0v) is 16.2. The number of carbonyl (C=O) groups is 2. The lowest BCUT2D eigenvalue weighted by Gasteiger charge is -2.17. The Bertz CT molecular complexity index is 849. The summed E-state index contributed by atoms with van der Waals surface area (Å²) in [6, 6.07) is 5.96. The van der Waals surface area contributed by atoms with Crippen molar-refractivity contribution in [3.8, 4) is 5.75 Å². The largest absolute Gasteiger partial charge is 0.478 e. The number of fused-ring (bicyclic) bond motifs is 1. The van der Waals surface area contributed by atoms with Crippen molar-refractivity contribution in [1.82, 2.24) is 0 Å². The summed E-state index contributed by atoms with van der Waals surface area (Å²) in [7, 11) is 1.33. The maximum atomic E-state index is 13.8. The van der Waals surface area contributed by atoms with Crippen LogP contribution in [0.15, 0.2) is 24.3 Å². The number of ether oxygens (including phenoxy) is 2. The zero-order chi connectivity index (χ0) is 19.4. The molecular weight excluding hydrogens is 369 g/mol. The minimum atomic E-state index is -0.869. The molecule has 1 heterocycles. The van der Waals surface area contributed by atoms with Crippen molar-refractivity contribution in [2.75, 3.05) is 12.4 Å². The fourth-order valence-electron chi connectivity index (χ4n) is 3.18. The number of nitrogens with one attached hydrogen (secondary N) is 1. The molecule has 1 aliphatic carbocycles. The molecule has 144 valence electrons. The van der Waals surface area contributed by atoms with Crippen LogP contribution in [0.4, 0.5) is 9.39 Å². The van der Waals surface area contributed by atoms with E-state index in [2.05, 4.69) is 5.32 Å². The average Bonchev–Trinajstić information content (AvgIpc) is 3.04. The summed E-state index contributed by atoms with van der Waals surface area (Å²) in [5, 5.41) is 3.29. The van der Waals surface area contributed by atoms with Gasteiger partial charge >= 0.3 is 5.97 Å². The van der Waals surface area contributed by atoms with Gasteiger partial charge < -0.3 is 14.8 Å². The molecule has 3 rings (SSSR count). The number of amides is 1. The van der Waals surface area contributed by atoms with Crippen LogP contribution < -0.4 is 10.1 Å². The molecule has 1 aromatic carbocycles. The summed E-state index contributed by atoms with van der Waals surface area (Å²) in [4.78, 5) is 26.1. The summed E-state index contributed by atoms with van der Waals surface area (Å²) in [5.74, 6) is -1.36. The van der Waals surface area contributed by atoms with Crippen LogP contribution >= 0.6 is 11.3 Å². The molecular formula is C20H22FNO4S. The number of esters is 1. The van der Waals surface area contributed by atoms with E-state index in [1.807, 2.05) is 0 Å². The van der Waals surface area contributed by atoms with E-state index in [1.165, 1.54) is 30.6 Å². The summed E-state index contributed by atoms with van der Waals surface area (Å²) in [6.07, 6.45) is 3.26. The van der Waals surface area contributed by atoms with E-state index >= 15 is 0 Å². The molecule has 2 aromatic rings. The number of para-hydroxylation sites is 1. The smallest absolute Gasteiger partial charge is 0.341 e. The molecule has 0 fully saturated rings. The number of halogens is 1. The molecule has 1 atom stereocenters. The van der Waals surface area contributed by atoms with Crippen molar-refractivity contribution < 1.29 is 23.5 Å². The molecule has 0 unspecified atom stereocenters. The highest BCUT2D eigenvalue weighted by Crippen LogP contribution is 2.38. The normalized spacial score (nSPS) is 14.2. The van der Waals surface area contributed by atoms with E-state index in [1.54, 1.807) is 19.1 Å². The van der Waals surface area contributed by atoms with Crippen LogP contribution in [0.2, 0.25) is 0 Å². The maximum absolute atomic E-state index is 13.8.